The summed E-state index contributed by atoms with van der Waals surface area (Å²) in [5.41, 5.74) is 2.54. The highest BCUT2D eigenvalue weighted by Gasteiger charge is 2.29. The van der Waals surface area contributed by atoms with Crippen molar-refractivity contribution in [2.24, 2.45) is 0 Å². The number of rotatable bonds is 2. The van der Waals surface area contributed by atoms with Crippen LogP contribution in [-0.4, -0.2) is 36.6 Å². The van der Waals surface area contributed by atoms with E-state index in [1.165, 1.54) is 0 Å². The molecule has 2 amide bonds. The summed E-state index contributed by atoms with van der Waals surface area (Å²) in [6.07, 6.45) is -0.882. The number of alkyl carbamates (subject to hydrolysis) is 2. The molecular weight excluding hydrogens is 474 g/mol. The van der Waals surface area contributed by atoms with Crippen molar-refractivity contribution < 1.29 is 28.5 Å². The number of carbonyl (C=O) groups is 2. The Kier molecular flexibility index (Phi) is 8.22. The van der Waals surface area contributed by atoms with Crippen molar-refractivity contribution in [2.75, 3.05) is 13.2 Å². The molecule has 0 unspecified atom stereocenters. The predicted molar refractivity (Wildman–Crippen MR) is 139 cm³/mol. The van der Waals surface area contributed by atoms with Crippen LogP contribution in [0, 0.1) is 13.5 Å². The molecule has 0 aromatic heterocycles. The van der Waals surface area contributed by atoms with Gasteiger partial charge in [-0.3, -0.25) is 0 Å². The zero-order chi connectivity index (χ0) is 27.4. The highest BCUT2D eigenvalue weighted by molar-refractivity contribution is 5.69. The van der Waals surface area contributed by atoms with E-state index in [1.807, 2.05) is 66.7 Å². The number of aryl methyl sites for hydroxylation is 1. The zero-order valence-corrected chi connectivity index (χ0v) is 22.4. The first-order chi connectivity index (χ1) is 17.2. The van der Waals surface area contributed by atoms with Crippen LogP contribution < -0.4 is 20.1 Å². The number of hydrogen-bond donors (Lipinski definition) is 2. The first-order valence-electron chi connectivity index (χ1n) is 12.1. The highest BCUT2D eigenvalue weighted by atomic mass is 16.6. The van der Waals surface area contributed by atoms with Gasteiger partial charge in [0.05, 0.1) is 18.7 Å². The Labute approximate surface area is 218 Å². The van der Waals surface area contributed by atoms with Gasteiger partial charge in [-0.25, -0.2) is 14.4 Å². The Morgan fingerprint density at radius 2 is 1.30 bits per heavy atom. The Morgan fingerprint density at radius 3 is 1.76 bits per heavy atom. The first kappa shape index (κ1) is 27.7. The monoisotopic (exact) mass is 509 g/mol. The molecular formula is C28H35N3O6. The van der Waals surface area contributed by atoms with E-state index in [0.29, 0.717) is 24.7 Å². The average molecular weight is 510 g/mol. The van der Waals surface area contributed by atoms with Crippen molar-refractivity contribution in [1.29, 1.82) is 0 Å². The minimum absolute atomic E-state index is 0.129. The van der Waals surface area contributed by atoms with Gasteiger partial charge in [0.25, 0.3) is 0 Å². The lowest BCUT2D eigenvalue weighted by atomic mass is 10.1. The molecule has 2 aliphatic heterocycles. The summed E-state index contributed by atoms with van der Waals surface area (Å²) in [5.74, 6) is 1.49. The number of benzene rings is 2. The molecule has 2 aromatic carbocycles. The lowest BCUT2D eigenvalue weighted by molar-refractivity contribution is 0.0485. The van der Waals surface area contributed by atoms with E-state index in [9.17, 15) is 9.59 Å². The fourth-order valence-electron chi connectivity index (χ4n) is 3.72. The fraction of sp³-hybridized carbons (Fsp3) is 0.464. The molecule has 2 aromatic rings. The molecule has 0 fully saturated rings. The number of nitrogens with zero attached hydrogens (tertiary/aromatic N) is 1. The Balaban J connectivity index is 0.000000206. The molecule has 9 nitrogen and oxygen atoms in total. The van der Waals surface area contributed by atoms with Gasteiger partial charge in [-0.1, -0.05) is 24.3 Å². The summed E-state index contributed by atoms with van der Waals surface area (Å²) in [5, 5.41) is 5.59. The zero-order valence-electron chi connectivity index (χ0n) is 22.4. The summed E-state index contributed by atoms with van der Waals surface area (Å²) in [7, 11) is 0. The van der Waals surface area contributed by atoms with E-state index >= 15 is 0 Å². The van der Waals surface area contributed by atoms with E-state index in [1.54, 1.807) is 18.2 Å². The van der Waals surface area contributed by atoms with Crippen molar-refractivity contribution in [3.63, 3.8) is 0 Å². The van der Waals surface area contributed by atoms with Crippen molar-refractivity contribution >= 4 is 17.9 Å². The van der Waals surface area contributed by atoms with Gasteiger partial charge in [-0.15, -0.1) is 0 Å². The third kappa shape index (κ3) is 8.04. The van der Waals surface area contributed by atoms with Gasteiger partial charge in [0.1, 0.15) is 35.9 Å². The fourth-order valence-corrected chi connectivity index (χ4v) is 3.72. The molecule has 0 saturated heterocycles. The maximum atomic E-state index is 11.7. The highest BCUT2D eigenvalue weighted by Crippen LogP contribution is 2.35. The van der Waals surface area contributed by atoms with E-state index < -0.39 is 23.4 Å². The summed E-state index contributed by atoms with van der Waals surface area (Å²) in [6.45, 7) is 20.7. The van der Waals surface area contributed by atoms with Crippen LogP contribution in [0.2, 0.25) is 0 Å². The third-order valence-electron chi connectivity index (χ3n) is 5.24. The first-order valence-corrected chi connectivity index (χ1v) is 12.1. The van der Waals surface area contributed by atoms with E-state index in [-0.39, 0.29) is 12.1 Å². The number of ether oxygens (including phenoxy) is 4. The molecule has 0 saturated carbocycles. The quantitative estimate of drug-likeness (QED) is 0.471. The summed E-state index contributed by atoms with van der Waals surface area (Å²) < 4.78 is 21.5. The Bertz CT molecular complexity index is 1190. The van der Waals surface area contributed by atoms with Gasteiger partial charge in [0.15, 0.2) is 5.69 Å². The minimum atomic E-state index is -0.527. The van der Waals surface area contributed by atoms with E-state index in [0.717, 1.165) is 22.4 Å². The molecule has 2 heterocycles. The largest absolute Gasteiger partial charge is 0.492 e. The summed E-state index contributed by atoms with van der Waals surface area (Å²) in [4.78, 5) is 26.8. The number of carbonyl (C=O) groups excluding carboxylic acids is 2. The predicted octanol–water partition coefficient (Wildman–Crippen LogP) is 6.15. The van der Waals surface area contributed by atoms with Gasteiger partial charge in [-0.05, 0) is 66.2 Å². The normalized spacial score (nSPS) is 17.5. The van der Waals surface area contributed by atoms with Crippen molar-refractivity contribution in [2.45, 2.75) is 71.8 Å². The maximum Gasteiger partial charge on any atom is 0.408 e. The third-order valence-corrected chi connectivity index (χ3v) is 5.24. The second kappa shape index (κ2) is 11.0. The molecule has 9 heteroatoms. The van der Waals surface area contributed by atoms with Gasteiger partial charge in [-0.2, -0.15) is 0 Å². The topological polar surface area (TPSA) is 99.5 Å². The molecule has 2 atom stereocenters. The van der Waals surface area contributed by atoms with E-state index in [2.05, 4.69) is 15.5 Å². The van der Waals surface area contributed by atoms with Gasteiger partial charge < -0.3 is 29.6 Å². The molecule has 37 heavy (non-hydrogen) atoms. The number of hydrogen-bond acceptors (Lipinski definition) is 6. The Morgan fingerprint density at radius 1 is 0.838 bits per heavy atom. The number of amides is 2. The molecule has 2 N–H and O–H groups in total. The molecule has 0 aliphatic carbocycles. The molecule has 4 rings (SSSR count). The lowest BCUT2D eigenvalue weighted by Gasteiger charge is -2.21. The Hall–Kier alpha value is -3.93. The van der Waals surface area contributed by atoms with Crippen LogP contribution in [0.3, 0.4) is 0 Å². The average Bonchev–Trinajstić information content (AvgIpc) is 3.34. The van der Waals surface area contributed by atoms with Crippen LogP contribution in [-0.2, 0) is 9.47 Å². The van der Waals surface area contributed by atoms with Crippen LogP contribution in [0.5, 0.6) is 11.5 Å². The van der Waals surface area contributed by atoms with Crippen LogP contribution in [0.25, 0.3) is 4.85 Å². The molecule has 0 bridgehead atoms. The van der Waals surface area contributed by atoms with Crippen molar-refractivity contribution in [3.05, 3.63) is 64.5 Å². The summed E-state index contributed by atoms with van der Waals surface area (Å²) in [6, 6.07) is 10.8. The number of fused-ring (bicyclic) bond motifs is 2. The van der Waals surface area contributed by atoms with Crippen LogP contribution >= 0.6 is 0 Å². The smallest absolute Gasteiger partial charge is 0.408 e. The van der Waals surface area contributed by atoms with Gasteiger partial charge in [0.2, 0.25) is 0 Å². The SMILES string of the molecule is Cc1ccc2c(c1)OC[C@H]2NC(=O)OC(C)(C)C.[C-]#[N+]c1ccc2c(c1)OC[C@H]2NC(=O)OC(C)(C)C. The van der Waals surface area contributed by atoms with Gasteiger partial charge in [0, 0.05) is 11.1 Å². The molecule has 2 aliphatic rings. The summed E-state index contributed by atoms with van der Waals surface area (Å²) >= 11 is 0. The molecule has 0 radical (unpaired) electrons. The second-order valence-corrected chi connectivity index (χ2v) is 10.9. The van der Waals surface area contributed by atoms with Crippen molar-refractivity contribution in [1.82, 2.24) is 10.6 Å². The van der Waals surface area contributed by atoms with E-state index in [4.69, 9.17) is 25.5 Å². The second-order valence-electron chi connectivity index (χ2n) is 10.9. The standard InChI is InChI=1S/C14H16N2O3.C14H19NO3/c1-14(2,3)19-13(17)16-11-8-18-12-7-9(15-4)5-6-10(11)12;1-9-5-6-10-11(8-17-12(10)7-9)15-13(16)18-14(2,3)4/h5-7,11H,8H2,1-3H3,(H,16,17);5-7,11H,8H2,1-4H3,(H,15,16)/t2*11-/m11/s1. The van der Waals surface area contributed by atoms with Crippen LogP contribution in [0.4, 0.5) is 15.3 Å². The van der Waals surface area contributed by atoms with Crippen molar-refractivity contribution in [3.8, 4) is 11.5 Å². The van der Waals surface area contributed by atoms with Crippen LogP contribution in [0.15, 0.2) is 36.4 Å². The van der Waals surface area contributed by atoms with Crippen LogP contribution in [0.1, 0.15) is 70.3 Å². The van der Waals surface area contributed by atoms with Gasteiger partial charge >= 0.3 is 12.2 Å². The molecule has 0 spiro atoms. The molecule has 198 valence electrons. The maximum absolute atomic E-state index is 11.7. The number of nitrogens with one attached hydrogen (secondary N) is 2. The lowest BCUT2D eigenvalue weighted by Crippen LogP contribution is -2.35. The minimum Gasteiger partial charge on any atom is -0.492 e.